The van der Waals surface area contributed by atoms with Crippen molar-refractivity contribution in [3.63, 3.8) is 0 Å². The second-order valence-corrected chi connectivity index (χ2v) is 5.19. The van der Waals surface area contributed by atoms with Gasteiger partial charge in [-0.1, -0.05) is 23.8 Å². The van der Waals surface area contributed by atoms with E-state index < -0.39 is 17.8 Å². The number of carbonyl (C=O) groups excluding carboxylic acids is 1. The van der Waals surface area contributed by atoms with Gasteiger partial charge in [-0.3, -0.25) is 9.59 Å². The maximum atomic E-state index is 12.3. The Hall–Kier alpha value is -1.88. The van der Waals surface area contributed by atoms with Crippen LogP contribution in [-0.2, 0) is 9.59 Å². The quantitative estimate of drug-likeness (QED) is 0.663. The van der Waals surface area contributed by atoms with Gasteiger partial charge in [-0.25, -0.2) is 4.98 Å². The van der Waals surface area contributed by atoms with Gasteiger partial charge in [-0.05, 0) is 31.4 Å². The van der Waals surface area contributed by atoms with Crippen LogP contribution in [0.4, 0.5) is 5.69 Å². The fourth-order valence-corrected chi connectivity index (χ4v) is 2.39. The van der Waals surface area contributed by atoms with E-state index in [9.17, 15) is 14.7 Å². The van der Waals surface area contributed by atoms with Gasteiger partial charge in [0, 0.05) is 6.20 Å². The number of rotatable bonds is 3. The highest BCUT2D eigenvalue weighted by Gasteiger charge is 2.34. The summed E-state index contributed by atoms with van der Waals surface area (Å²) in [5.41, 5.74) is 1.28. The van der Waals surface area contributed by atoms with Gasteiger partial charge in [0.25, 0.3) is 0 Å². The molecule has 1 aromatic heterocycles. The molecule has 2 rings (SSSR count). The Morgan fingerprint density at radius 1 is 1.35 bits per heavy atom. The monoisotopic (exact) mass is 294 g/mol. The number of hydrogen-bond donors (Lipinski definition) is 2. The first-order chi connectivity index (χ1) is 9.49. The number of anilines is 1. The first-order valence-electron chi connectivity index (χ1n) is 6.30. The van der Waals surface area contributed by atoms with E-state index in [4.69, 9.17) is 11.6 Å². The predicted octanol–water partition coefficient (Wildman–Crippen LogP) is 2.65. The molecule has 1 aliphatic carbocycles. The number of carboxylic acids is 1. The highest BCUT2D eigenvalue weighted by Crippen LogP contribution is 2.28. The molecule has 0 aromatic carbocycles. The molecule has 6 heteroatoms. The smallest absolute Gasteiger partial charge is 0.307 e. The van der Waals surface area contributed by atoms with E-state index in [1.807, 2.05) is 13.0 Å². The van der Waals surface area contributed by atoms with Gasteiger partial charge in [0.05, 0.1) is 17.5 Å². The third kappa shape index (κ3) is 3.17. The van der Waals surface area contributed by atoms with Gasteiger partial charge in [0.2, 0.25) is 5.91 Å². The van der Waals surface area contributed by atoms with Crippen LogP contribution in [0.5, 0.6) is 0 Å². The number of amides is 1. The summed E-state index contributed by atoms with van der Waals surface area (Å²) in [6, 6.07) is 1.71. The SMILES string of the molecule is Cc1cnc(Cl)c(NC(=O)C2CC=CCC2C(=O)O)c1. The van der Waals surface area contributed by atoms with E-state index in [1.54, 1.807) is 18.3 Å². The van der Waals surface area contributed by atoms with E-state index in [-0.39, 0.29) is 11.1 Å². The molecule has 1 amide bonds. The van der Waals surface area contributed by atoms with Gasteiger partial charge in [-0.2, -0.15) is 0 Å². The molecule has 1 aromatic rings. The molecule has 0 saturated heterocycles. The number of carbonyl (C=O) groups is 2. The van der Waals surface area contributed by atoms with Crippen molar-refractivity contribution in [3.05, 3.63) is 35.1 Å². The van der Waals surface area contributed by atoms with Gasteiger partial charge < -0.3 is 10.4 Å². The molecule has 20 heavy (non-hydrogen) atoms. The van der Waals surface area contributed by atoms with E-state index in [0.29, 0.717) is 18.5 Å². The van der Waals surface area contributed by atoms with Gasteiger partial charge >= 0.3 is 5.97 Å². The summed E-state index contributed by atoms with van der Waals surface area (Å²) in [7, 11) is 0. The first-order valence-corrected chi connectivity index (χ1v) is 6.67. The molecule has 0 spiro atoms. The summed E-state index contributed by atoms with van der Waals surface area (Å²) in [4.78, 5) is 27.4. The third-order valence-electron chi connectivity index (χ3n) is 3.32. The molecule has 2 N–H and O–H groups in total. The normalized spacial score (nSPS) is 21.5. The summed E-state index contributed by atoms with van der Waals surface area (Å²) < 4.78 is 0. The molecule has 2 unspecified atom stereocenters. The second kappa shape index (κ2) is 6.05. The minimum absolute atomic E-state index is 0.196. The molecule has 0 aliphatic heterocycles. The number of halogens is 1. The Morgan fingerprint density at radius 2 is 2.00 bits per heavy atom. The van der Waals surface area contributed by atoms with E-state index in [1.165, 1.54) is 0 Å². The number of carboxylic acid groups (broad SMARTS) is 1. The maximum Gasteiger partial charge on any atom is 0.307 e. The zero-order valence-corrected chi connectivity index (χ0v) is 11.7. The van der Waals surface area contributed by atoms with Gasteiger partial charge in [0.15, 0.2) is 5.15 Å². The Balaban J connectivity index is 2.16. The van der Waals surface area contributed by atoms with Crippen LogP contribution in [0.15, 0.2) is 24.4 Å². The van der Waals surface area contributed by atoms with Crippen molar-refractivity contribution in [1.29, 1.82) is 0 Å². The number of nitrogens with one attached hydrogen (secondary N) is 1. The van der Waals surface area contributed by atoms with Gasteiger partial charge in [0.1, 0.15) is 0 Å². The topological polar surface area (TPSA) is 79.3 Å². The van der Waals surface area contributed by atoms with Crippen molar-refractivity contribution in [2.24, 2.45) is 11.8 Å². The van der Waals surface area contributed by atoms with Crippen molar-refractivity contribution < 1.29 is 14.7 Å². The van der Waals surface area contributed by atoms with Crippen LogP contribution in [0.1, 0.15) is 18.4 Å². The number of aliphatic carboxylic acids is 1. The van der Waals surface area contributed by atoms with Crippen molar-refractivity contribution in [1.82, 2.24) is 4.98 Å². The molecule has 0 radical (unpaired) electrons. The highest BCUT2D eigenvalue weighted by atomic mass is 35.5. The summed E-state index contributed by atoms with van der Waals surface area (Å²) in [6.07, 6.45) is 6.01. The largest absolute Gasteiger partial charge is 0.481 e. The number of hydrogen-bond acceptors (Lipinski definition) is 3. The van der Waals surface area contributed by atoms with Crippen molar-refractivity contribution >= 4 is 29.2 Å². The molecular weight excluding hydrogens is 280 g/mol. The zero-order valence-electron chi connectivity index (χ0n) is 11.0. The van der Waals surface area contributed by atoms with E-state index in [0.717, 1.165) is 5.56 Å². The lowest BCUT2D eigenvalue weighted by Crippen LogP contribution is -2.34. The van der Waals surface area contributed by atoms with Crippen molar-refractivity contribution in [2.75, 3.05) is 5.32 Å². The average Bonchev–Trinajstić information content (AvgIpc) is 2.42. The number of aromatic nitrogens is 1. The van der Waals surface area contributed by atoms with E-state index >= 15 is 0 Å². The van der Waals surface area contributed by atoms with Gasteiger partial charge in [-0.15, -0.1) is 0 Å². The van der Waals surface area contributed by atoms with Crippen molar-refractivity contribution in [3.8, 4) is 0 Å². The van der Waals surface area contributed by atoms with Crippen LogP contribution in [0.2, 0.25) is 5.15 Å². The first kappa shape index (κ1) is 14.5. The van der Waals surface area contributed by atoms with Crippen LogP contribution in [-0.4, -0.2) is 22.0 Å². The number of pyridine rings is 1. The zero-order chi connectivity index (χ0) is 14.7. The van der Waals surface area contributed by atoms with Crippen LogP contribution in [0.25, 0.3) is 0 Å². The fraction of sp³-hybridized carbons (Fsp3) is 0.357. The molecule has 0 saturated carbocycles. The Kier molecular flexibility index (Phi) is 4.39. The van der Waals surface area contributed by atoms with E-state index in [2.05, 4.69) is 10.3 Å². The Labute approximate surface area is 121 Å². The lowest BCUT2D eigenvalue weighted by atomic mass is 9.82. The maximum absolute atomic E-state index is 12.3. The average molecular weight is 295 g/mol. The fourth-order valence-electron chi connectivity index (χ4n) is 2.24. The molecule has 0 bridgehead atoms. The molecular formula is C14H15ClN2O3. The molecule has 106 valence electrons. The van der Waals surface area contributed by atoms with Crippen LogP contribution in [0.3, 0.4) is 0 Å². The molecule has 2 atom stereocenters. The minimum atomic E-state index is -0.956. The molecule has 1 aliphatic rings. The van der Waals surface area contributed by atoms with Crippen molar-refractivity contribution in [2.45, 2.75) is 19.8 Å². The lowest BCUT2D eigenvalue weighted by molar-refractivity contribution is -0.146. The third-order valence-corrected chi connectivity index (χ3v) is 3.62. The summed E-state index contributed by atoms with van der Waals surface area (Å²) in [6.45, 7) is 1.84. The molecule has 0 fully saturated rings. The second-order valence-electron chi connectivity index (χ2n) is 4.83. The number of aryl methyl sites for hydroxylation is 1. The standard InChI is InChI=1S/C14H15ClN2O3/c1-8-6-11(12(15)16-7-8)17-13(18)9-4-2-3-5-10(9)14(19)20/h2-3,6-7,9-10H,4-5H2,1H3,(H,17,18)(H,19,20). The number of nitrogens with zero attached hydrogens (tertiary/aromatic N) is 1. The van der Waals surface area contributed by atoms with Crippen LogP contribution >= 0.6 is 11.6 Å². The molecule has 1 heterocycles. The minimum Gasteiger partial charge on any atom is -0.481 e. The summed E-state index contributed by atoms with van der Waals surface area (Å²) >= 11 is 5.92. The lowest BCUT2D eigenvalue weighted by Gasteiger charge is -2.24. The number of allylic oxidation sites excluding steroid dienone is 2. The van der Waals surface area contributed by atoms with Crippen LogP contribution in [0, 0.1) is 18.8 Å². The summed E-state index contributed by atoms with van der Waals surface area (Å²) in [5, 5.41) is 12.0. The summed E-state index contributed by atoms with van der Waals surface area (Å²) in [5.74, 6) is -2.58. The highest BCUT2D eigenvalue weighted by molar-refractivity contribution is 6.32. The predicted molar refractivity (Wildman–Crippen MR) is 75.6 cm³/mol. The Bertz CT molecular complexity index is 572. The van der Waals surface area contributed by atoms with Crippen LogP contribution < -0.4 is 5.32 Å². The Morgan fingerprint density at radius 3 is 2.65 bits per heavy atom. The molecule has 5 nitrogen and oxygen atoms in total.